The van der Waals surface area contributed by atoms with E-state index in [0.717, 1.165) is 5.56 Å². The predicted molar refractivity (Wildman–Crippen MR) is 84.1 cm³/mol. The van der Waals surface area contributed by atoms with Crippen molar-refractivity contribution in [1.82, 2.24) is 0 Å². The number of rotatable bonds is 4. The highest BCUT2D eigenvalue weighted by Crippen LogP contribution is 2.40. The van der Waals surface area contributed by atoms with E-state index in [2.05, 4.69) is 0 Å². The number of β-lactam (4-membered cyclic amide) rings is 1. The van der Waals surface area contributed by atoms with Gasteiger partial charge >= 0.3 is 0 Å². The first-order valence-corrected chi connectivity index (χ1v) is 7.13. The molecule has 0 radical (unpaired) electrons. The zero-order chi connectivity index (χ0) is 16.6. The molecule has 3 rings (SSSR count). The molecule has 23 heavy (non-hydrogen) atoms. The first-order chi connectivity index (χ1) is 11.1. The highest BCUT2D eigenvalue weighted by atomic mass is 19.1. The van der Waals surface area contributed by atoms with Crippen LogP contribution in [0.3, 0.4) is 0 Å². The van der Waals surface area contributed by atoms with E-state index in [9.17, 15) is 9.18 Å². The molecule has 5 nitrogen and oxygen atoms in total. The summed E-state index contributed by atoms with van der Waals surface area (Å²) in [4.78, 5) is 13.7. The second-order valence-electron chi connectivity index (χ2n) is 5.27. The van der Waals surface area contributed by atoms with E-state index in [0.29, 0.717) is 17.2 Å². The third kappa shape index (κ3) is 2.51. The molecule has 6 heteroatoms. The molecule has 0 spiro atoms. The predicted octanol–water partition coefficient (Wildman–Crippen LogP) is 2.26. The third-order valence-corrected chi connectivity index (χ3v) is 3.98. The van der Waals surface area contributed by atoms with Crippen molar-refractivity contribution in [3.8, 4) is 11.5 Å². The average Bonchev–Trinajstić information content (AvgIpc) is 2.58. The van der Waals surface area contributed by atoms with Crippen LogP contribution in [0.1, 0.15) is 11.6 Å². The average molecular weight is 316 g/mol. The topological polar surface area (TPSA) is 64.8 Å². The van der Waals surface area contributed by atoms with Crippen LogP contribution in [0, 0.1) is 5.82 Å². The summed E-state index contributed by atoms with van der Waals surface area (Å²) in [5.74, 6) is 0.501. The summed E-state index contributed by atoms with van der Waals surface area (Å²) in [5, 5.41) is 0. The number of methoxy groups -OCH3 is 2. The van der Waals surface area contributed by atoms with E-state index in [1.807, 2.05) is 6.07 Å². The van der Waals surface area contributed by atoms with Crippen LogP contribution in [-0.2, 0) is 4.79 Å². The molecule has 0 saturated carbocycles. The molecule has 1 amide bonds. The Balaban J connectivity index is 1.99. The lowest BCUT2D eigenvalue weighted by Gasteiger charge is -2.45. The molecule has 120 valence electrons. The number of nitrogens with zero attached hydrogens (tertiary/aromatic N) is 1. The van der Waals surface area contributed by atoms with Crippen LogP contribution >= 0.6 is 0 Å². The Hall–Kier alpha value is -2.60. The minimum Gasteiger partial charge on any atom is -0.493 e. The van der Waals surface area contributed by atoms with Gasteiger partial charge in [0, 0.05) is 5.69 Å². The zero-order valence-corrected chi connectivity index (χ0v) is 12.8. The molecular formula is C17H17FN2O3. The molecule has 2 N–H and O–H groups in total. The summed E-state index contributed by atoms with van der Waals surface area (Å²) >= 11 is 0. The van der Waals surface area contributed by atoms with E-state index in [-0.39, 0.29) is 11.9 Å². The SMILES string of the molecule is COc1ccc(C2C(N)C(=O)N2c2cccc(F)c2)cc1OC. The molecule has 2 atom stereocenters. The van der Waals surface area contributed by atoms with Gasteiger partial charge in [0.25, 0.3) is 0 Å². The van der Waals surface area contributed by atoms with Crippen molar-refractivity contribution >= 4 is 11.6 Å². The molecule has 2 aromatic carbocycles. The van der Waals surface area contributed by atoms with Gasteiger partial charge in [0.15, 0.2) is 11.5 Å². The molecule has 2 aromatic rings. The maximum Gasteiger partial charge on any atom is 0.247 e. The van der Waals surface area contributed by atoms with Crippen LogP contribution < -0.4 is 20.1 Å². The van der Waals surface area contributed by atoms with Crippen LogP contribution in [0.5, 0.6) is 11.5 Å². The van der Waals surface area contributed by atoms with Gasteiger partial charge in [-0.15, -0.1) is 0 Å². The van der Waals surface area contributed by atoms with Gasteiger partial charge in [0.05, 0.1) is 20.3 Å². The standard InChI is InChI=1S/C17H17FN2O3/c1-22-13-7-6-10(8-14(13)23-2)16-15(19)17(21)20(16)12-5-3-4-11(18)9-12/h3-9,15-16H,19H2,1-2H3. The van der Waals surface area contributed by atoms with Crippen LogP contribution in [0.4, 0.5) is 10.1 Å². The Labute approximate surface area is 133 Å². The maximum atomic E-state index is 13.5. The summed E-state index contributed by atoms with van der Waals surface area (Å²) in [6.45, 7) is 0. The van der Waals surface area contributed by atoms with Crippen LogP contribution in [-0.4, -0.2) is 26.2 Å². The van der Waals surface area contributed by atoms with Crippen molar-refractivity contribution < 1.29 is 18.7 Å². The molecule has 1 aliphatic heterocycles. The highest BCUT2D eigenvalue weighted by molar-refractivity contribution is 6.05. The van der Waals surface area contributed by atoms with Gasteiger partial charge < -0.3 is 20.1 Å². The van der Waals surface area contributed by atoms with Gasteiger partial charge in [-0.2, -0.15) is 0 Å². The minimum atomic E-state index is -0.670. The Bertz CT molecular complexity index is 750. The van der Waals surface area contributed by atoms with E-state index in [1.165, 1.54) is 24.1 Å². The van der Waals surface area contributed by atoms with Crippen molar-refractivity contribution in [3.05, 3.63) is 53.8 Å². The zero-order valence-electron chi connectivity index (χ0n) is 12.8. The van der Waals surface area contributed by atoms with Gasteiger partial charge in [-0.1, -0.05) is 12.1 Å². The van der Waals surface area contributed by atoms with Gasteiger partial charge in [0.1, 0.15) is 11.9 Å². The molecule has 1 fully saturated rings. The van der Waals surface area contributed by atoms with Gasteiger partial charge in [0.2, 0.25) is 5.91 Å². The number of amides is 1. The molecule has 0 aliphatic carbocycles. The Morgan fingerprint density at radius 3 is 2.48 bits per heavy atom. The largest absolute Gasteiger partial charge is 0.493 e. The Kier molecular flexibility index (Phi) is 3.92. The molecule has 0 aromatic heterocycles. The molecule has 1 aliphatic rings. The summed E-state index contributed by atoms with van der Waals surface area (Å²) < 4.78 is 24.0. The fourth-order valence-corrected chi connectivity index (χ4v) is 2.82. The summed E-state index contributed by atoms with van der Waals surface area (Å²) in [7, 11) is 3.09. The van der Waals surface area contributed by atoms with E-state index >= 15 is 0 Å². The Morgan fingerprint density at radius 2 is 1.83 bits per heavy atom. The second kappa shape index (κ2) is 5.89. The number of ether oxygens (including phenoxy) is 2. The summed E-state index contributed by atoms with van der Waals surface area (Å²) in [6.07, 6.45) is 0. The van der Waals surface area contributed by atoms with E-state index in [1.54, 1.807) is 31.4 Å². The molecular weight excluding hydrogens is 299 g/mol. The minimum absolute atomic E-state index is 0.240. The lowest BCUT2D eigenvalue weighted by molar-refractivity contribution is -0.126. The summed E-state index contributed by atoms with van der Waals surface area (Å²) in [6, 6.07) is 10.2. The third-order valence-electron chi connectivity index (χ3n) is 3.98. The number of halogens is 1. The lowest BCUT2D eigenvalue weighted by atomic mass is 9.88. The van der Waals surface area contributed by atoms with Crippen molar-refractivity contribution in [2.75, 3.05) is 19.1 Å². The first kappa shape index (κ1) is 15.3. The molecule has 1 heterocycles. The second-order valence-corrected chi connectivity index (χ2v) is 5.27. The maximum absolute atomic E-state index is 13.5. The van der Waals surface area contributed by atoms with Crippen molar-refractivity contribution in [2.24, 2.45) is 5.73 Å². The van der Waals surface area contributed by atoms with Gasteiger partial charge in [-0.25, -0.2) is 4.39 Å². The summed E-state index contributed by atoms with van der Waals surface area (Å²) in [5.41, 5.74) is 7.26. The van der Waals surface area contributed by atoms with Gasteiger partial charge in [-0.05, 0) is 35.9 Å². The number of carbonyl (C=O) groups excluding carboxylic acids is 1. The van der Waals surface area contributed by atoms with Crippen LogP contribution in [0.15, 0.2) is 42.5 Å². The fourth-order valence-electron chi connectivity index (χ4n) is 2.82. The lowest BCUT2D eigenvalue weighted by Crippen LogP contribution is -2.63. The number of benzene rings is 2. The van der Waals surface area contributed by atoms with Crippen molar-refractivity contribution in [2.45, 2.75) is 12.1 Å². The highest BCUT2D eigenvalue weighted by Gasteiger charge is 2.46. The van der Waals surface area contributed by atoms with Crippen LogP contribution in [0.25, 0.3) is 0 Å². The number of anilines is 1. The smallest absolute Gasteiger partial charge is 0.247 e. The number of hydrogen-bond acceptors (Lipinski definition) is 4. The van der Waals surface area contributed by atoms with E-state index in [4.69, 9.17) is 15.2 Å². The van der Waals surface area contributed by atoms with Crippen molar-refractivity contribution in [3.63, 3.8) is 0 Å². The molecule has 0 bridgehead atoms. The number of carbonyl (C=O) groups is 1. The monoisotopic (exact) mass is 316 g/mol. The van der Waals surface area contributed by atoms with Crippen molar-refractivity contribution in [1.29, 1.82) is 0 Å². The first-order valence-electron chi connectivity index (χ1n) is 7.13. The van der Waals surface area contributed by atoms with Crippen LogP contribution in [0.2, 0.25) is 0 Å². The van der Waals surface area contributed by atoms with Gasteiger partial charge in [-0.3, -0.25) is 4.79 Å². The van der Waals surface area contributed by atoms with E-state index < -0.39 is 11.9 Å². The Morgan fingerprint density at radius 1 is 1.09 bits per heavy atom. The molecule has 1 saturated heterocycles. The number of hydrogen-bond donors (Lipinski definition) is 1. The fraction of sp³-hybridized carbons (Fsp3) is 0.235. The number of nitrogens with two attached hydrogens (primary N) is 1. The quantitative estimate of drug-likeness (QED) is 0.879. The molecule has 2 unspecified atom stereocenters. The normalized spacial score (nSPS) is 20.2.